The largest absolute Gasteiger partial charge is 0.412 e. The number of nitrogens with one attached hydrogen (secondary N) is 2. The molecule has 2 N–H and O–H groups in total. The Kier molecular flexibility index (Phi) is 7.27. The van der Waals surface area contributed by atoms with Crippen LogP contribution in [0.5, 0.6) is 0 Å². The summed E-state index contributed by atoms with van der Waals surface area (Å²) in [5.74, 6) is -1.99. The summed E-state index contributed by atoms with van der Waals surface area (Å²) >= 11 is 0. The number of halogens is 3. The highest BCUT2D eigenvalue weighted by Gasteiger charge is 2.69. The number of carbonyl (C=O) groups excluding carboxylic acids is 3. The van der Waals surface area contributed by atoms with Gasteiger partial charge in [0.15, 0.2) is 0 Å². The predicted octanol–water partition coefficient (Wildman–Crippen LogP) is 2.93. The molecule has 1 saturated carbocycles. The van der Waals surface area contributed by atoms with Crippen LogP contribution in [0.1, 0.15) is 54.9 Å². The summed E-state index contributed by atoms with van der Waals surface area (Å²) in [6.45, 7) is 11.9. The first-order chi connectivity index (χ1) is 15.0. The first-order valence-corrected chi connectivity index (χ1v) is 11.0. The van der Waals surface area contributed by atoms with Crippen molar-refractivity contribution in [1.82, 2.24) is 15.5 Å². The van der Waals surface area contributed by atoms with Gasteiger partial charge in [0.05, 0.1) is 6.07 Å². The van der Waals surface area contributed by atoms with E-state index in [0.717, 1.165) is 6.92 Å². The standard InChI is InChI=1S/C23H33F3N4O3/c1-8-13(10-27)28-19(32)17-16-14(22(16,6)7)11-30(17)20(33)18(21(3,4)5)29-15(31)9-12(2)23(24,25)26/h9,13-14,16-18H,8,11H2,1-7H3,(H,28,32)(H,29,31)/b12-9+/t13-,14-,16-,17-,18+/m0/s1. The molecule has 0 aromatic heterocycles. The third-order valence-corrected chi connectivity index (χ3v) is 6.84. The number of nitriles is 1. The van der Waals surface area contributed by atoms with E-state index >= 15 is 0 Å². The van der Waals surface area contributed by atoms with Crippen molar-refractivity contribution < 1.29 is 27.6 Å². The van der Waals surface area contributed by atoms with Crippen LogP contribution in [0.15, 0.2) is 11.6 Å². The van der Waals surface area contributed by atoms with Gasteiger partial charge in [0.1, 0.15) is 18.1 Å². The summed E-state index contributed by atoms with van der Waals surface area (Å²) in [4.78, 5) is 40.4. The zero-order valence-electron chi connectivity index (χ0n) is 20.1. The van der Waals surface area contributed by atoms with E-state index < -0.39 is 53.0 Å². The van der Waals surface area contributed by atoms with Gasteiger partial charge in [-0.2, -0.15) is 18.4 Å². The van der Waals surface area contributed by atoms with E-state index in [-0.39, 0.29) is 17.3 Å². The molecule has 0 aromatic rings. The van der Waals surface area contributed by atoms with Crippen molar-refractivity contribution >= 4 is 17.7 Å². The van der Waals surface area contributed by atoms with Gasteiger partial charge in [-0.3, -0.25) is 14.4 Å². The van der Waals surface area contributed by atoms with Gasteiger partial charge in [-0.15, -0.1) is 0 Å². The molecule has 2 aliphatic rings. The number of piperidine rings is 1. The van der Waals surface area contributed by atoms with Crippen molar-refractivity contribution in [1.29, 1.82) is 5.26 Å². The smallest absolute Gasteiger partial charge is 0.340 e. The molecule has 184 valence electrons. The second-order valence-electron chi connectivity index (χ2n) is 10.6. The van der Waals surface area contributed by atoms with Crippen molar-refractivity contribution in [3.05, 3.63) is 11.6 Å². The van der Waals surface area contributed by atoms with Crippen LogP contribution in [0.2, 0.25) is 0 Å². The molecule has 0 unspecified atom stereocenters. The zero-order chi connectivity index (χ0) is 25.5. The highest BCUT2D eigenvalue weighted by molar-refractivity contribution is 5.96. The van der Waals surface area contributed by atoms with Gasteiger partial charge in [0.25, 0.3) is 0 Å². The number of fused-ring (bicyclic) bond motifs is 1. The Bertz CT molecular complexity index is 883. The molecule has 10 heteroatoms. The number of rotatable bonds is 6. The van der Waals surface area contributed by atoms with Gasteiger partial charge in [0, 0.05) is 18.2 Å². The van der Waals surface area contributed by atoms with E-state index in [1.54, 1.807) is 27.7 Å². The van der Waals surface area contributed by atoms with Crippen molar-refractivity contribution in [3.8, 4) is 6.07 Å². The molecule has 1 saturated heterocycles. The molecule has 1 heterocycles. The Morgan fingerprint density at radius 2 is 1.79 bits per heavy atom. The number of likely N-dealkylation sites (tertiary alicyclic amines) is 1. The highest BCUT2D eigenvalue weighted by atomic mass is 19.4. The fourth-order valence-electron chi connectivity index (χ4n) is 4.57. The molecule has 7 nitrogen and oxygen atoms in total. The Labute approximate surface area is 192 Å². The van der Waals surface area contributed by atoms with E-state index in [4.69, 9.17) is 0 Å². The molecule has 5 atom stereocenters. The fraction of sp³-hybridized carbons (Fsp3) is 0.739. The van der Waals surface area contributed by atoms with Crippen LogP contribution in [-0.2, 0) is 14.4 Å². The van der Waals surface area contributed by atoms with Crippen LogP contribution < -0.4 is 10.6 Å². The highest BCUT2D eigenvalue weighted by Crippen LogP contribution is 2.65. The minimum Gasteiger partial charge on any atom is -0.340 e. The maximum absolute atomic E-state index is 13.6. The number of amides is 3. The van der Waals surface area contributed by atoms with E-state index in [9.17, 15) is 32.8 Å². The van der Waals surface area contributed by atoms with Crippen molar-refractivity contribution in [2.75, 3.05) is 6.54 Å². The molecule has 0 bridgehead atoms. The molecule has 0 aromatic carbocycles. The van der Waals surface area contributed by atoms with Gasteiger partial charge >= 0.3 is 6.18 Å². The molecule has 1 aliphatic heterocycles. The molecule has 2 fully saturated rings. The van der Waals surface area contributed by atoms with Crippen LogP contribution in [0.25, 0.3) is 0 Å². The lowest BCUT2D eigenvalue weighted by atomic mass is 9.85. The third kappa shape index (κ3) is 5.50. The zero-order valence-corrected chi connectivity index (χ0v) is 20.1. The predicted molar refractivity (Wildman–Crippen MR) is 115 cm³/mol. The Hall–Kier alpha value is -2.57. The van der Waals surface area contributed by atoms with E-state index in [0.29, 0.717) is 19.0 Å². The van der Waals surface area contributed by atoms with E-state index in [1.807, 2.05) is 19.9 Å². The number of carbonyl (C=O) groups is 3. The number of hydrogen-bond acceptors (Lipinski definition) is 4. The summed E-state index contributed by atoms with van der Waals surface area (Å²) in [5.41, 5.74) is -2.06. The topological polar surface area (TPSA) is 102 Å². The minimum atomic E-state index is -4.65. The molecular formula is C23H33F3N4O3. The van der Waals surface area contributed by atoms with Gasteiger partial charge in [-0.05, 0) is 36.0 Å². The number of hydrogen-bond donors (Lipinski definition) is 2. The molecule has 2 rings (SSSR count). The maximum Gasteiger partial charge on any atom is 0.412 e. The summed E-state index contributed by atoms with van der Waals surface area (Å²) < 4.78 is 38.5. The van der Waals surface area contributed by atoms with Crippen molar-refractivity contribution in [3.63, 3.8) is 0 Å². The Morgan fingerprint density at radius 1 is 1.21 bits per heavy atom. The second-order valence-corrected chi connectivity index (χ2v) is 10.6. The summed E-state index contributed by atoms with van der Waals surface area (Å²) in [6, 6.07) is -0.632. The summed E-state index contributed by atoms with van der Waals surface area (Å²) in [7, 11) is 0. The average molecular weight is 471 g/mol. The van der Waals surface area contributed by atoms with E-state index in [1.165, 1.54) is 4.90 Å². The lowest BCUT2D eigenvalue weighted by Crippen LogP contribution is -2.59. The molecule has 33 heavy (non-hydrogen) atoms. The Morgan fingerprint density at radius 3 is 2.24 bits per heavy atom. The summed E-state index contributed by atoms with van der Waals surface area (Å²) in [6.07, 6.45) is -3.81. The third-order valence-electron chi connectivity index (χ3n) is 6.84. The summed E-state index contributed by atoms with van der Waals surface area (Å²) in [5, 5.41) is 14.3. The van der Waals surface area contributed by atoms with Gasteiger partial charge in [0.2, 0.25) is 17.7 Å². The fourth-order valence-corrected chi connectivity index (χ4v) is 4.57. The lowest BCUT2D eigenvalue weighted by molar-refractivity contribution is -0.145. The monoisotopic (exact) mass is 470 g/mol. The van der Waals surface area contributed by atoms with Gasteiger partial charge < -0.3 is 15.5 Å². The maximum atomic E-state index is 13.6. The SMILES string of the molecule is CC[C@@H](C#N)NC(=O)[C@@H]1[C@@H]2[C@H](CN1C(=O)[C@@H](NC(=O)/C=C(\C)C(F)(F)F)C(C)(C)C)C2(C)C. The molecule has 1 aliphatic carbocycles. The van der Waals surface area contributed by atoms with Crippen LogP contribution >= 0.6 is 0 Å². The Balaban J connectivity index is 2.30. The van der Waals surface area contributed by atoms with E-state index in [2.05, 4.69) is 10.6 Å². The molecule has 0 spiro atoms. The molecule has 3 amide bonds. The van der Waals surface area contributed by atoms with Gasteiger partial charge in [-0.25, -0.2) is 0 Å². The van der Waals surface area contributed by atoms with Crippen molar-refractivity contribution in [2.24, 2.45) is 22.7 Å². The average Bonchev–Trinajstić information content (AvgIpc) is 3.03. The second kappa shape index (κ2) is 8.99. The number of allylic oxidation sites excluding steroid dienone is 1. The normalized spacial score (nSPS) is 26.0. The molecular weight excluding hydrogens is 437 g/mol. The van der Waals surface area contributed by atoms with Crippen LogP contribution in [0, 0.1) is 34.0 Å². The lowest BCUT2D eigenvalue weighted by Gasteiger charge is -2.37. The first kappa shape index (κ1) is 26.7. The van der Waals surface area contributed by atoms with Crippen molar-refractivity contribution in [2.45, 2.75) is 79.2 Å². The van der Waals surface area contributed by atoms with Crippen LogP contribution in [0.3, 0.4) is 0 Å². The number of nitrogens with zero attached hydrogens (tertiary/aromatic N) is 2. The molecule has 0 radical (unpaired) electrons. The van der Waals surface area contributed by atoms with Gasteiger partial charge in [-0.1, -0.05) is 41.5 Å². The minimum absolute atomic E-state index is 0.0862. The first-order valence-electron chi connectivity index (χ1n) is 11.0. The quantitative estimate of drug-likeness (QED) is 0.583. The van der Waals surface area contributed by atoms with Crippen LogP contribution in [-0.4, -0.2) is 53.5 Å². The van der Waals surface area contributed by atoms with Crippen LogP contribution in [0.4, 0.5) is 13.2 Å². The number of alkyl halides is 3.